The summed E-state index contributed by atoms with van der Waals surface area (Å²) in [6.45, 7) is 0. The molecule has 0 fully saturated rings. The predicted octanol–water partition coefficient (Wildman–Crippen LogP) is 3.61. The van der Waals surface area contributed by atoms with Gasteiger partial charge in [0.05, 0.1) is 5.56 Å². The minimum Gasteiger partial charge on any atom is -0.322 e. The Morgan fingerprint density at radius 3 is 2.40 bits per heavy atom. The zero-order chi connectivity index (χ0) is 14.5. The molecule has 0 saturated carbocycles. The molecule has 100 valence electrons. The molecule has 0 aliphatic rings. The standard InChI is InChI=1S/C14H9BrN2O3/c15-12-7-6-10(8-11(12)14(19)17-20)16-13(18)9-4-2-1-3-5-9/h1-8H,(H,16,18). The van der Waals surface area contributed by atoms with Crippen LogP contribution in [0.3, 0.4) is 0 Å². The molecule has 0 unspecified atom stereocenters. The van der Waals surface area contributed by atoms with Gasteiger partial charge in [0.1, 0.15) is 0 Å². The van der Waals surface area contributed by atoms with Gasteiger partial charge in [-0.3, -0.25) is 9.59 Å². The third-order valence-electron chi connectivity index (χ3n) is 2.57. The van der Waals surface area contributed by atoms with Gasteiger partial charge in [0, 0.05) is 20.9 Å². The van der Waals surface area contributed by atoms with Gasteiger partial charge in [0.15, 0.2) is 0 Å². The van der Waals surface area contributed by atoms with E-state index in [0.29, 0.717) is 15.7 Å². The molecule has 0 aliphatic heterocycles. The van der Waals surface area contributed by atoms with Crippen molar-refractivity contribution in [2.45, 2.75) is 0 Å². The quantitative estimate of drug-likeness (QED) is 0.872. The Kier molecular flexibility index (Phi) is 4.37. The normalized spacial score (nSPS) is 9.85. The molecule has 0 spiro atoms. The van der Waals surface area contributed by atoms with Gasteiger partial charge in [-0.25, -0.2) is 0 Å². The predicted molar refractivity (Wildman–Crippen MR) is 78.7 cm³/mol. The van der Waals surface area contributed by atoms with E-state index in [0.717, 1.165) is 0 Å². The maximum absolute atomic E-state index is 12.0. The number of nitrogens with one attached hydrogen (secondary N) is 1. The molecule has 2 amide bonds. The van der Waals surface area contributed by atoms with Gasteiger partial charge in [-0.15, -0.1) is 4.91 Å². The Bertz CT molecular complexity index is 671. The van der Waals surface area contributed by atoms with E-state index < -0.39 is 5.91 Å². The van der Waals surface area contributed by atoms with Crippen molar-refractivity contribution < 1.29 is 9.59 Å². The number of amides is 2. The van der Waals surface area contributed by atoms with E-state index in [4.69, 9.17) is 0 Å². The molecule has 2 aromatic carbocycles. The maximum Gasteiger partial charge on any atom is 0.317 e. The van der Waals surface area contributed by atoms with Gasteiger partial charge in [0.25, 0.3) is 5.91 Å². The number of anilines is 1. The molecular weight excluding hydrogens is 324 g/mol. The number of nitrogens with zero attached hydrogens (tertiary/aromatic N) is 1. The summed E-state index contributed by atoms with van der Waals surface area (Å²) in [5, 5.41) is 5.02. The van der Waals surface area contributed by atoms with Crippen molar-refractivity contribution in [3.05, 3.63) is 69.0 Å². The van der Waals surface area contributed by atoms with Gasteiger partial charge < -0.3 is 5.32 Å². The Hall–Kier alpha value is -2.34. The average molecular weight is 333 g/mol. The minimum atomic E-state index is -0.896. The molecule has 0 heterocycles. The minimum absolute atomic E-state index is 0.103. The van der Waals surface area contributed by atoms with Crippen LogP contribution in [0.25, 0.3) is 0 Å². The smallest absolute Gasteiger partial charge is 0.317 e. The number of nitroso groups, excluding NO2 is 1. The molecule has 2 aromatic rings. The summed E-state index contributed by atoms with van der Waals surface area (Å²) in [5.74, 6) is -1.20. The van der Waals surface area contributed by atoms with Crippen molar-refractivity contribution in [2.24, 2.45) is 5.18 Å². The van der Waals surface area contributed by atoms with Crippen LogP contribution < -0.4 is 5.32 Å². The number of rotatable bonds is 3. The molecule has 0 aromatic heterocycles. The number of carbonyl (C=O) groups is 2. The molecule has 0 bridgehead atoms. The van der Waals surface area contributed by atoms with Gasteiger partial charge in [0.2, 0.25) is 0 Å². The maximum atomic E-state index is 12.0. The fourth-order valence-corrected chi connectivity index (χ4v) is 2.03. The lowest BCUT2D eigenvalue weighted by molar-refractivity contribution is 0.0996. The van der Waals surface area contributed by atoms with Crippen LogP contribution in [-0.4, -0.2) is 11.8 Å². The van der Waals surface area contributed by atoms with Crippen molar-refractivity contribution in [1.82, 2.24) is 0 Å². The molecule has 1 N–H and O–H groups in total. The molecular formula is C14H9BrN2O3. The van der Waals surface area contributed by atoms with Gasteiger partial charge in [-0.2, -0.15) is 0 Å². The highest BCUT2D eigenvalue weighted by atomic mass is 79.9. The molecule has 20 heavy (non-hydrogen) atoms. The molecule has 0 aliphatic carbocycles. The summed E-state index contributed by atoms with van der Waals surface area (Å²) in [5.41, 5.74) is 1.01. The summed E-state index contributed by atoms with van der Waals surface area (Å²) in [7, 11) is 0. The highest BCUT2D eigenvalue weighted by Crippen LogP contribution is 2.22. The van der Waals surface area contributed by atoms with E-state index in [1.165, 1.54) is 6.07 Å². The monoisotopic (exact) mass is 332 g/mol. The molecule has 2 rings (SSSR count). The van der Waals surface area contributed by atoms with Crippen LogP contribution in [0, 0.1) is 4.91 Å². The summed E-state index contributed by atoms with van der Waals surface area (Å²) in [4.78, 5) is 33.6. The second-order valence-corrected chi connectivity index (χ2v) is 4.77. The van der Waals surface area contributed by atoms with E-state index in [2.05, 4.69) is 26.4 Å². The molecule has 0 saturated heterocycles. The number of carbonyl (C=O) groups excluding carboxylic acids is 2. The van der Waals surface area contributed by atoms with Crippen LogP contribution in [-0.2, 0) is 0 Å². The lowest BCUT2D eigenvalue weighted by Gasteiger charge is -2.07. The number of hydrogen-bond acceptors (Lipinski definition) is 3. The van der Waals surface area contributed by atoms with Crippen LogP contribution in [0.2, 0.25) is 0 Å². The first-order chi connectivity index (χ1) is 9.61. The van der Waals surface area contributed by atoms with Crippen LogP contribution in [0.4, 0.5) is 5.69 Å². The Morgan fingerprint density at radius 2 is 1.75 bits per heavy atom. The highest BCUT2D eigenvalue weighted by molar-refractivity contribution is 9.10. The molecule has 0 atom stereocenters. The lowest BCUT2D eigenvalue weighted by atomic mass is 10.1. The van der Waals surface area contributed by atoms with Crippen LogP contribution in [0.1, 0.15) is 20.7 Å². The lowest BCUT2D eigenvalue weighted by Crippen LogP contribution is -2.12. The van der Waals surface area contributed by atoms with Gasteiger partial charge in [-0.1, -0.05) is 18.2 Å². The Morgan fingerprint density at radius 1 is 1.05 bits per heavy atom. The van der Waals surface area contributed by atoms with Crippen molar-refractivity contribution in [1.29, 1.82) is 0 Å². The number of halogens is 1. The first kappa shape index (κ1) is 14.1. The van der Waals surface area contributed by atoms with E-state index in [-0.39, 0.29) is 11.5 Å². The van der Waals surface area contributed by atoms with E-state index in [1.54, 1.807) is 36.4 Å². The summed E-state index contributed by atoms with van der Waals surface area (Å²) < 4.78 is 0.444. The fourth-order valence-electron chi connectivity index (χ4n) is 1.61. The average Bonchev–Trinajstić information content (AvgIpc) is 2.49. The zero-order valence-electron chi connectivity index (χ0n) is 10.2. The number of hydrogen-bond donors (Lipinski definition) is 1. The van der Waals surface area contributed by atoms with Gasteiger partial charge >= 0.3 is 5.91 Å². The molecule has 5 nitrogen and oxygen atoms in total. The second kappa shape index (κ2) is 6.21. The zero-order valence-corrected chi connectivity index (χ0v) is 11.8. The highest BCUT2D eigenvalue weighted by Gasteiger charge is 2.12. The Balaban J connectivity index is 2.24. The fraction of sp³-hybridized carbons (Fsp3) is 0. The van der Waals surface area contributed by atoms with Crippen LogP contribution in [0.5, 0.6) is 0 Å². The summed E-state index contributed by atoms with van der Waals surface area (Å²) in [6.07, 6.45) is 0. The number of benzene rings is 2. The van der Waals surface area contributed by atoms with Crippen LogP contribution in [0.15, 0.2) is 58.2 Å². The van der Waals surface area contributed by atoms with E-state index in [9.17, 15) is 14.5 Å². The van der Waals surface area contributed by atoms with E-state index in [1.807, 2.05) is 6.07 Å². The van der Waals surface area contributed by atoms with Crippen molar-refractivity contribution in [3.8, 4) is 0 Å². The second-order valence-electron chi connectivity index (χ2n) is 3.91. The SMILES string of the molecule is O=NC(=O)c1cc(NC(=O)c2ccccc2)ccc1Br. The largest absolute Gasteiger partial charge is 0.322 e. The van der Waals surface area contributed by atoms with Crippen LogP contribution >= 0.6 is 15.9 Å². The van der Waals surface area contributed by atoms with Crippen molar-refractivity contribution in [2.75, 3.05) is 5.32 Å². The molecule has 6 heteroatoms. The summed E-state index contributed by atoms with van der Waals surface area (Å²) in [6, 6.07) is 13.2. The third-order valence-corrected chi connectivity index (χ3v) is 3.27. The van der Waals surface area contributed by atoms with Crippen molar-refractivity contribution in [3.63, 3.8) is 0 Å². The topological polar surface area (TPSA) is 75.6 Å². The first-order valence-electron chi connectivity index (χ1n) is 5.65. The van der Waals surface area contributed by atoms with Gasteiger partial charge in [-0.05, 0) is 46.3 Å². The third kappa shape index (κ3) is 3.16. The first-order valence-corrected chi connectivity index (χ1v) is 6.45. The van der Waals surface area contributed by atoms with Crippen molar-refractivity contribution >= 4 is 33.4 Å². The van der Waals surface area contributed by atoms with E-state index >= 15 is 0 Å². The summed E-state index contributed by atoms with van der Waals surface area (Å²) >= 11 is 3.15. The molecule has 0 radical (unpaired) electrons. The Labute approximate surface area is 123 Å².